The Hall–Kier alpha value is -1.96. The van der Waals surface area contributed by atoms with Gasteiger partial charge in [-0.2, -0.15) is 5.10 Å². The third-order valence-electron chi connectivity index (χ3n) is 6.92. The predicted octanol–water partition coefficient (Wildman–Crippen LogP) is 1.70. The molecular formula is C22H31N5O2. The molecule has 1 aromatic heterocycles. The largest absolute Gasteiger partial charge is 0.364 e. The van der Waals surface area contributed by atoms with Crippen LogP contribution in [0.1, 0.15) is 37.6 Å². The van der Waals surface area contributed by atoms with Crippen molar-refractivity contribution in [2.45, 2.75) is 64.1 Å². The van der Waals surface area contributed by atoms with Crippen LogP contribution < -0.4 is 5.69 Å². The number of hydrogen-bond donors (Lipinski definition) is 0. The number of nitrogens with zero attached hydrogens (tertiary/aromatic N) is 5. The van der Waals surface area contributed by atoms with Gasteiger partial charge in [-0.15, -0.1) is 0 Å². The minimum Gasteiger partial charge on any atom is -0.364 e. The Morgan fingerprint density at radius 3 is 2.69 bits per heavy atom. The lowest BCUT2D eigenvalue weighted by atomic mass is 10.0. The molecule has 0 bridgehead atoms. The second-order valence-electron chi connectivity index (χ2n) is 8.79. The molecule has 2 fully saturated rings. The highest BCUT2D eigenvalue weighted by molar-refractivity contribution is 5.14. The lowest BCUT2D eigenvalue weighted by molar-refractivity contribution is -0.0856. The highest BCUT2D eigenvalue weighted by Crippen LogP contribution is 2.34. The summed E-state index contributed by atoms with van der Waals surface area (Å²) >= 11 is 0. The number of aromatic nitrogens is 3. The quantitative estimate of drug-likeness (QED) is 0.786. The standard InChI is InChI=1S/C22H31N5O2/c1-2-27-21(28)26-17-22(29-15-20(26)23-27)10-13-25(16-22)19-8-11-24(12-9-19)14-18-6-4-3-5-7-18/h3-7,19H,2,8-17H2,1H3. The number of ether oxygens (including phenoxy) is 1. The molecule has 2 saturated heterocycles. The molecule has 1 unspecified atom stereocenters. The summed E-state index contributed by atoms with van der Waals surface area (Å²) in [5.74, 6) is 0.773. The zero-order chi connectivity index (χ0) is 19.8. The Labute approximate surface area is 171 Å². The monoisotopic (exact) mass is 397 g/mol. The molecular weight excluding hydrogens is 366 g/mol. The van der Waals surface area contributed by atoms with E-state index in [1.807, 2.05) is 11.5 Å². The molecule has 3 aliphatic rings. The highest BCUT2D eigenvalue weighted by atomic mass is 16.5. The molecule has 0 saturated carbocycles. The minimum atomic E-state index is -0.223. The summed E-state index contributed by atoms with van der Waals surface area (Å²) in [6, 6.07) is 11.4. The molecule has 1 spiro atoms. The van der Waals surface area contributed by atoms with E-state index in [9.17, 15) is 4.79 Å². The zero-order valence-electron chi connectivity index (χ0n) is 17.3. The molecule has 0 radical (unpaired) electrons. The molecule has 0 aliphatic carbocycles. The van der Waals surface area contributed by atoms with Crippen LogP contribution in [0.2, 0.25) is 0 Å². The molecule has 7 heteroatoms. The van der Waals surface area contributed by atoms with Gasteiger partial charge in [0.1, 0.15) is 12.2 Å². The van der Waals surface area contributed by atoms with Crippen LogP contribution in [0.3, 0.4) is 0 Å². The summed E-state index contributed by atoms with van der Waals surface area (Å²) in [6.07, 6.45) is 3.42. The summed E-state index contributed by atoms with van der Waals surface area (Å²) < 4.78 is 9.69. The van der Waals surface area contributed by atoms with Crippen LogP contribution >= 0.6 is 0 Å². The van der Waals surface area contributed by atoms with Crippen molar-refractivity contribution in [1.82, 2.24) is 24.1 Å². The van der Waals surface area contributed by atoms with E-state index in [2.05, 4.69) is 45.2 Å². The second kappa shape index (κ2) is 7.70. The van der Waals surface area contributed by atoms with Crippen LogP contribution in [0.4, 0.5) is 0 Å². The van der Waals surface area contributed by atoms with Crippen LogP contribution in [0, 0.1) is 0 Å². The molecule has 4 heterocycles. The zero-order valence-corrected chi connectivity index (χ0v) is 17.3. The van der Waals surface area contributed by atoms with Gasteiger partial charge in [-0.3, -0.25) is 14.4 Å². The maximum Gasteiger partial charge on any atom is 0.346 e. The molecule has 5 rings (SSSR count). The van der Waals surface area contributed by atoms with E-state index < -0.39 is 0 Å². The van der Waals surface area contributed by atoms with Gasteiger partial charge < -0.3 is 4.74 Å². The van der Waals surface area contributed by atoms with Crippen LogP contribution in [0.25, 0.3) is 0 Å². The second-order valence-corrected chi connectivity index (χ2v) is 8.79. The first-order valence-electron chi connectivity index (χ1n) is 11.0. The molecule has 7 nitrogen and oxygen atoms in total. The fourth-order valence-corrected chi connectivity index (χ4v) is 5.23. The van der Waals surface area contributed by atoms with Crippen molar-refractivity contribution < 1.29 is 4.74 Å². The first-order valence-corrected chi connectivity index (χ1v) is 11.0. The molecule has 2 aromatic rings. The van der Waals surface area contributed by atoms with Gasteiger partial charge in [-0.25, -0.2) is 9.48 Å². The molecule has 156 valence electrons. The van der Waals surface area contributed by atoms with E-state index in [4.69, 9.17) is 4.74 Å². The van der Waals surface area contributed by atoms with Crippen molar-refractivity contribution in [2.24, 2.45) is 0 Å². The van der Waals surface area contributed by atoms with Gasteiger partial charge in [0.15, 0.2) is 5.82 Å². The number of benzene rings is 1. The van der Waals surface area contributed by atoms with Crippen molar-refractivity contribution >= 4 is 0 Å². The van der Waals surface area contributed by atoms with Gasteiger partial charge in [0, 0.05) is 32.2 Å². The van der Waals surface area contributed by atoms with E-state index in [0.29, 0.717) is 25.7 Å². The van der Waals surface area contributed by atoms with Gasteiger partial charge in [-0.1, -0.05) is 30.3 Å². The molecule has 29 heavy (non-hydrogen) atoms. The summed E-state index contributed by atoms with van der Waals surface area (Å²) in [4.78, 5) is 17.7. The Morgan fingerprint density at radius 2 is 1.93 bits per heavy atom. The highest BCUT2D eigenvalue weighted by Gasteiger charge is 2.45. The van der Waals surface area contributed by atoms with Crippen LogP contribution in [0.5, 0.6) is 0 Å². The van der Waals surface area contributed by atoms with Gasteiger partial charge in [0.05, 0.1) is 6.54 Å². The number of aryl methyl sites for hydroxylation is 1. The molecule has 1 atom stereocenters. The fourth-order valence-electron chi connectivity index (χ4n) is 5.23. The smallest absolute Gasteiger partial charge is 0.346 e. The van der Waals surface area contributed by atoms with Crippen LogP contribution in [-0.2, 0) is 31.0 Å². The van der Waals surface area contributed by atoms with E-state index in [1.54, 1.807) is 4.68 Å². The third-order valence-corrected chi connectivity index (χ3v) is 6.92. The average Bonchev–Trinajstić information content (AvgIpc) is 3.31. The lowest BCUT2D eigenvalue weighted by Crippen LogP contribution is -2.49. The normalized spacial score (nSPS) is 26.2. The Balaban J connectivity index is 1.19. The van der Waals surface area contributed by atoms with E-state index in [-0.39, 0.29) is 11.3 Å². The van der Waals surface area contributed by atoms with Crippen molar-refractivity contribution in [2.75, 3.05) is 26.2 Å². The number of likely N-dealkylation sites (tertiary alicyclic amines) is 2. The van der Waals surface area contributed by atoms with Crippen LogP contribution in [-0.4, -0.2) is 62.0 Å². The van der Waals surface area contributed by atoms with Crippen LogP contribution in [0.15, 0.2) is 35.1 Å². The molecule has 1 aromatic carbocycles. The van der Waals surface area contributed by atoms with E-state index in [0.717, 1.165) is 45.0 Å². The van der Waals surface area contributed by atoms with E-state index in [1.165, 1.54) is 18.4 Å². The van der Waals surface area contributed by atoms with Crippen molar-refractivity contribution in [3.05, 3.63) is 52.2 Å². The lowest BCUT2D eigenvalue weighted by Gasteiger charge is -2.38. The first kappa shape index (κ1) is 19.0. The number of fused-ring (bicyclic) bond motifs is 1. The van der Waals surface area contributed by atoms with Crippen molar-refractivity contribution in [3.8, 4) is 0 Å². The molecule has 0 amide bonds. The predicted molar refractivity (Wildman–Crippen MR) is 111 cm³/mol. The summed E-state index contributed by atoms with van der Waals surface area (Å²) in [7, 11) is 0. The van der Waals surface area contributed by atoms with Gasteiger partial charge in [0.2, 0.25) is 0 Å². The van der Waals surface area contributed by atoms with Crippen molar-refractivity contribution in [1.29, 1.82) is 0 Å². The maximum absolute atomic E-state index is 12.5. The maximum atomic E-state index is 12.5. The molecule has 3 aliphatic heterocycles. The minimum absolute atomic E-state index is 0.0119. The topological polar surface area (TPSA) is 55.5 Å². The Kier molecular flexibility index (Phi) is 5.05. The van der Waals surface area contributed by atoms with Gasteiger partial charge in [-0.05, 0) is 44.8 Å². The van der Waals surface area contributed by atoms with Gasteiger partial charge in [0.25, 0.3) is 0 Å². The first-order chi connectivity index (χ1) is 14.2. The number of piperidine rings is 1. The van der Waals surface area contributed by atoms with Crippen molar-refractivity contribution in [3.63, 3.8) is 0 Å². The third kappa shape index (κ3) is 3.67. The summed E-state index contributed by atoms with van der Waals surface area (Å²) in [6.45, 7) is 9.00. The SMILES string of the molecule is CCn1nc2n(c1=O)CC1(CCN(C3CCN(Cc4ccccc4)CC3)C1)OC2. The number of rotatable bonds is 4. The number of hydrogen-bond acceptors (Lipinski definition) is 5. The summed E-state index contributed by atoms with van der Waals surface area (Å²) in [5.41, 5.74) is 1.19. The summed E-state index contributed by atoms with van der Waals surface area (Å²) in [5, 5.41) is 4.40. The van der Waals surface area contributed by atoms with Gasteiger partial charge >= 0.3 is 5.69 Å². The average molecular weight is 398 g/mol. The molecule has 0 N–H and O–H groups in total. The Bertz CT molecular complexity index is 900. The van der Waals surface area contributed by atoms with E-state index >= 15 is 0 Å². The Morgan fingerprint density at radius 1 is 1.14 bits per heavy atom. The fraction of sp³-hybridized carbons (Fsp3) is 0.636.